The Labute approximate surface area is 157 Å². The Balaban J connectivity index is 1.67. The Kier molecular flexibility index (Phi) is 4.54. The lowest BCUT2D eigenvalue weighted by Crippen LogP contribution is -2.09. The number of hydrogen-bond acceptors (Lipinski definition) is 5. The predicted molar refractivity (Wildman–Crippen MR) is 94.3 cm³/mol. The lowest BCUT2D eigenvalue weighted by atomic mass is 10.2. The number of imidazole rings is 1. The molecule has 0 bridgehead atoms. The first-order valence-electron chi connectivity index (χ1n) is 8.69. The molecule has 4 rings (SSSR count). The van der Waals surface area contributed by atoms with Crippen molar-refractivity contribution in [3.8, 4) is 11.5 Å². The van der Waals surface area contributed by atoms with Crippen LogP contribution in [0.5, 0.6) is 0 Å². The summed E-state index contributed by atoms with van der Waals surface area (Å²) in [6, 6.07) is 3.74. The molecule has 144 valence electrons. The van der Waals surface area contributed by atoms with Gasteiger partial charge in [-0.05, 0) is 18.6 Å². The van der Waals surface area contributed by atoms with E-state index in [9.17, 15) is 13.2 Å². The monoisotopic (exact) mass is 387 g/mol. The van der Waals surface area contributed by atoms with Crippen LogP contribution >= 0.6 is 0 Å². The molecule has 0 fully saturated rings. The van der Waals surface area contributed by atoms with Gasteiger partial charge in [0.25, 0.3) is 0 Å². The molecule has 4 aromatic rings. The number of halogens is 3. The van der Waals surface area contributed by atoms with E-state index in [2.05, 4.69) is 32.0 Å². The second-order valence-corrected chi connectivity index (χ2v) is 6.25. The lowest BCUT2D eigenvalue weighted by Gasteiger charge is -2.08. The number of aromatic nitrogens is 7. The zero-order valence-corrected chi connectivity index (χ0v) is 14.9. The van der Waals surface area contributed by atoms with Crippen LogP contribution in [0.1, 0.15) is 30.4 Å². The summed E-state index contributed by atoms with van der Waals surface area (Å²) in [6.07, 6.45) is 3.79. The highest BCUT2D eigenvalue weighted by Crippen LogP contribution is 2.29. The summed E-state index contributed by atoms with van der Waals surface area (Å²) in [7, 11) is 0. The van der Waals surface area contributed by atoms with Gasteiger partial charge in [0.15, 0.2) is 17.3 Å². The predicted octanol–water partition coefficient (Wildman–Crippen LogP) is 3.40. The Hall–Kier alpha value is -3.30. The molecule has 0 saturated carbocycles. The summed E-state index contributed by atoms with van der Waals surface area (Å²) < 4.78 is 42.2. The number of rotatable bonds is 5. The molecule has 0 saturated heterocycles. The van der Waals surface area contributed by atoms with Crippen molar-refractivity contribution in [3.05, 3.63) is 60.2 Å². The van der Waals surface area contributed by atoms with E-state index in [1.807, 2.05) is 0 Å². The van der Waals surface area contributed by atoms with E-state index in [0.29, 0.717) is 11.6 Å². The number of fused-ring (bicyclic) bond motifs is 1. The molecule has 0 radical (unpaired) electrons. The Bertz CT molecular complexity index is 1110. The summed E-state index contributed by atoms with van der Waals surface area (Å²) in [5, 5.41) is 4.42. The molecule has 0 unspecified atom stereocenters. The van der Waals surface area contributed by atoms with Gasteiger partial charge in [0, 0.05) is 24.2 Å². The van der Waals surface area contributed by atoms with Crippen LogP contribution in [-0.4, -0.2) is 34.1 Å². The van der Waals surface area contributed by atoms with Crippen molar-refractivity contribution < 1.29 is 13.2 Å². The van der Waals surface area contributed by atoms with Gasteiger partial charge in [0.1, 0.15) is 17.7 Å². The van der Waals surface area contributed by atoms with E-state index in [-0.39, 0.29) is 12.2 Å². The van der Waals surface area contributed by atoms with E-state index in [4.69, 9.17) is 0 Å². The Morgan fingerprint density at radius 1 is 1.14 bits per heavy atom. The maximum absolute atomic E-state index is 13.0. The van der Waals surface area contributed by atoms with E-state index in [1.165, 1.54) is 18.3 Å². The standard InChI is InChI=1S/C18H16F3N7/c1-2-4-12-9-22-11-28-16(12)25-15(26-28)10-27-8-7-23-17(27)13-5-3-6-14(24-13)18(19,20)21/h3,5-9,11H,2,4,10H2,1H3. The molecule has 28 heavy (non-hydrogen) atoms. The molecule has 0 aromatic carbocycles. The molecule has 4 heterocycles. The van der Waals surface area contributed by atoms with Gasteiger partial charge >= 0.3 is 6.18 Å². The van der Waals surface area contributed by atoms with Crippen molar-refractivity contribution in [3.63, 3.8) is 0 Å². The topological polar surface area (TPSA) is 73.8 Å². The maximum Gasteiger partial charge on any atom is 0.433 e. The molecular formula is C18H16F3N7. The average Bonchev–Trinajstić information content (AvgIpc) is 3.29. The van der Waals surface area contributed by atoms with E-state index in [1.54, 1.807) is 27.8 Å². The summed E-state index contributed by atoms with van der Waals surface area (Å²) in [5.74, 6) is 0.827. The third-order valence-electron chi connectivity index (χ3n) is 4.18. The third-order valence-corrected chi connectivity index (χ3v) is 4.18. The van der Waals surface area contributed by atoms with Gasteiger partial charge in [-0.2, -0.15) is 13.2 Å². The minimum atomic E-state index is -4.51. The quantitative estimate of drug-likeness (QED) is 0.525. The Morgan fingerprint density at radius 3 is 2.79 bits per heavy atom. The number of aryl methyl sites for hydroxylation is 1. The van der Waals surface area contributed by atoms with Gasteiger partial charge in [-0.3, -0.25) is 0 Å². The second kappa shape index (κ2) is 7.02. The van der Waals surface area contributed by atoms with Crippen LogP contribution < -0.4 is 0 Å². The SMILES string of the molecule is CCCc1cncn2nc(Cn3ccnc3-c3cccc(C(F)(F)F)n3)nc12. The number of alkyl halides is 3. The van der Waals surface area contributed by atoms with Crippen LogP contribution in [0.25, 0.3) is 17.2 Å². The molecule has 0 atom stereocenters. The first-order valence-corrected chi connectivity index (χ1v) is 8.69. The molecule has 0 N–H and O–H groups in total. The fourth-order valence-electron chi connectivity index (χ4n) is 2.96. The number of pyridine rings is 1. The van der Waals surface area contributed by atoms with Crippen LogP contribution in [0.15, 0.2) is 43.1 Å². The summed E-state index contributed by atoms with van der Waals surface area (Å²) in [4.78, 5) is 16.6. The van der Waals surface area contributed by atoms with Crippen molar-refractivity contribution in [1.82, 2.24) is 34.1 Å². The minimum Gasteiger partial charge on any atom is -0.322 e. The van der Waals surface area contributed by atoms with E-state index < -0.39 is 11.9 Å². The van der Waals surface area contributed by atoms with Crippen molar-refractivity contribution in [2.45, 2.75) is 32.5 Å². The van der Waals surface area contributed by atoms with Crippen molar-refractivity contribution >= 4 is 5.65 Å². The normalized spacial score (nSPS) is 12.0. The molecule has 4 aromatic heterocycles. The Morgan fingerprint density at radius 2 is 2.00 bits per heavy atom. The summed E-state index contributed by atoms with van der Waals surface area (Å²) >= 11 is 0. The van der Waals surface area contributed by atoms with Crippen molar-refractivity contribution in [2.24, 2.45) is 0 Å². The maximum atomic E-state index is 13.0. The average molecular weight is 387 g/mol. The molecule has 0 aliphatic rings. The number of hydrogen-bond donors (Lipinski definition) is 0. The van der Waals surface area contributed by atoms with Crippen LogP contribution in [0, 0.1) is 0 Å². The van der Waals surface area contributed by atoms with Crippen LogP contribution in [-0.2, 0) is 19.1 Å². The molecular weight excluding hydrogens is 371 g/mol. The van der Waals surface area contributed by atoms with Gasteiger partial charge in [0.2, 0.25) is 0 Å². The zero-order valence-electron chi connectivity index (χ0n) is 14.9. The molecule has 0 aliphatic heterocycles. The van der Waals surface area contributed by atoms with Gasteiger partial charge in [-0.25, -0.2) is 24.5 Å². The second-order valence-electron chi connectivity index (χ2n) is 6.25. The van der Waals surface area contributed by atoms with Crippen LogP contribution in [0.4, 0.5) is 13.2 Å². The lowest BCUT2D eigenvalue weighted by molar-refractivity contribution is -0.141. The molecule has 0 amide bonds. The van der Waals surface area contributed by atoms with E-state index >= 15 is 0 Å². The highest BCUT2D eigenvalue weighted by molar-refractivity contribution is 5.50. The smallest absolute Gasteiger partial charge is 0.322 e. The van der Waals surface area contributed by atoms with Gasteiger partial charge < -0.3 is 4.57 Å². The van der Waals surface area contributed by atoms with E-state index in [0.717, 1.165) is 30.1 Å². The molecule has 0 spiro atoms. The van der Waals surface area contributed by atoms with Gasteiger partial charge in [0.05, 0.1) is 6.54 Å². The fraction of sp³-hybridized carbons (Fsp3) is 0.278. The zero-order chi connectivity index (χ0) is 19.7. The van der Waals surface area contributed by atoms with Gasteiger partial charge in [-0.1, -0.05) is 19.4 Å². The van der Waals surface area contributed by atoms with Crippen LogP contribution in [0.3, 0.4) is 0 Å². The highest BCUT2D eigenvalue weighted by Gasteiger charge is 2.32. The molecule has 10 heteroatoms. The van der Waals surface area contributed by atoms with Crippen molar-refractivity contribution in [2.75, 3.05) is 0 Å². The molecule has 0 aliphatic carbocycles. The number of nitrogens with zero attached hydrogens (tertiary/aromatic N) is 7. The minimum absolute atomic E-state index is 0.136. The fourth-order valence-corrected chi connectivity index (χ4v) is 2.96. The molecule has 7 nitrogen and oxygen atoms in total. The first kappa shape index (κ1) is 18.1. The summed E-state index contributed by atoms with van der Waals surface area (Å²) in [6.45, 7) is 2.32. The van der Waals surface area contributed by atoms with Gasteiger partial charge in [-0.15, -0.1) is 5.10 Å². The summed E-state index contributed by atoms with van der Waals surface area (Å²) in [5.41, 5.74) is 0.900. The van der Waals surface area contributed by atoms with Crippen LogP contribution in [0.2, 0.25) is 0 Å². The third kappa shape index (κ3) is 3.45. The largest absolute Gasteiger partial charge is 0.433 e. The highest BCUT2D eigenvalue weighted by atomic mass is 19.4. The van der Waals surface area contributed by atoms with Crippen molar-refractivity contribution in [1.29, 1.82) is 0 Å². The first-order chi connectivity index (χ1) is 13.5.